The Bertz CT molecular complexity index is 828. The predicted octanol–water partition coefficient (Wildman–Crippen LogP) is 6.66. The molecule has 0 radical (unpaired) electrons. The molecule has 0 atom stereocenters. The third kappa shape index (κ3) is 5.33. The lowest BCUT2D eigenvalue weighted by Crippen LogP contribution is -2.33. The summed E-state index contributed by atoms with van der Waals surface area (Å²) in [6.07, 6.45) is 13.3. The zero-order valence-electron chi connectivity index (χ0n) is 17.6. The van der Waals surface area contributed by atoms with Crippen LogP contribution in [0.3, 0.4) is 0 Å². The summed E-state index contributed by atoms with van der Waals surface area (Å²) in [5, 5.41) is 15.0. The monoisotopic (exact) mass is 393 g/mol. The van der Waals surface area contributed by atoms with Gasteiger partial charge in [0.15, 0.2) is 0 Å². The highest BCUT2D eigenvalue weighted by Crippen LogP contribution is 2.48. The van der Waals surface area contributed by atoms with Crippen LogP contribution in [0.2, 0.25) is 0 Å². The Hall–Kier alpha value is -2.00. The van der Waals surface area contributed by atoms with E-state index in [-0.39, 0.29) is 5.76 Å². The molecule has 2 aliphatic rings. The summed E-state index contributed by atoms with van der Waals surface area (Å²) in [5.41, 5.74) is 1.90. The number of nitrogens with one attached hydrogen (secondary N) is 1. The third-order valence-corrected chi connectivity index (χ3v) is 7.01. The van der Waals surface area contributed by atoms with E-state index in [1.165, 1.54) is 74.1 Å². The van der Waals surface area contributed by atoms with Crippen LogP contribution in [-0.4, -0.2) is 17.8 Å². The van der Waals surface area contributed by atoms with Crippen molar-refractivity contribution in [3.63, 3.8) is 0 Å². The molecule has 1 spiro atoms. The molecule has 2 aromatic rings. The normalized spacial score (nSPS) is 19.4. The van der Waals surface area contributed by atoms with Gasteiger partial charge in [0.1, 0.15) is 5.75 Å². The zero-order chi connectivity index (χ0) is 20.1. The molecule has 4 rings (SSSR count). The van der Waals surface area contributed by atoms with Crippen LogP contribution in [0.4, 0.5) is 0 Å². The van der Waals surface area contributed by atoms with E-state index in [2.05, 4.69) is 48.3 Å². The molecule has 0 aliphatic heterocycles. The highest BCUT2D eigenvalue weighted by atomic mass is 16.5. The second-order valence-corrected chi connectivity index (χ2v) is 9.21. The molecule has 0 bridgehead atoms. The van der Waals surface area contributed by atoms with Gasteiger partial charge in [-0.2, -0.15) is 0 Å². The number of aliphatic hydroxyl groups is 1. The van der Waals surface area contributed by atoms with Crippen LogP contribution in [0, 0.1) is 5.41 Å². The van der Waals surface area contributed by atoms with E-state index >= 15 is 0 Å². The van der Waals surface area contributed by atoms with Gasteiger partial charge in [-0.1, -0.05) is 44.0 Å². The lowest BCUT2D eigenvalue weighted by atomic mass is 9.65. The molecule has 0 saturated heterocycles. The molecule has 0 heterocycles. The standard InChI is InChI=1S/C26H35NO2/c1-20(28)11-16-27-19-21-5-6-23-18-25(8-7-22(23)17-21)29-24-9-14-26(15-10-24)12-3-2-4-13-26/h5-8,17-18,24,27-28H,1-4,9-16,19H2. The van der Waals surface area contributed by atoms with E-state index < -0.39 is 0 Å². The summed E-state index contributed by atoms with van der Waals surface area (Å²) in [6.45, 7) is 5.05. The van der Waals surface area contributed by atoms with E-state index in [1.807, 2.05) is 0 Å². The summed E-state index contributed by atoms with van der Waals surface area (Å²) in [6, 6.07) is 13.1. The number of fused-ring (bicyclic) bond motifs is 1. The minimum atomic E-state index is 0.232. The van der Waals surface area contributed by atoms with Gasteiger partial charge in [0, 0.05) is 19.5 Å². The van der Waals surface area contributed by atoms with Crippen LogP contribution in [0.1, 0.15) is 69.8 Å². The molecule has 2 fully saturated rings. The Morgan fingerprint density at radius 1 is 1.00 bits per heavy atom. The Morgan fingerprint density at radius 2 is 1.72 bits per heavy atom. The topological polar surface area (TPSA) is 41.5 Å². The predicted molar refractivity (Wildman–Crippen MR) is 120 cm³/mol. The first-order valence-electron chi connectivity index (χ1n) is 11.4. The quantitative estimate of drug-likeness (QED) is 0.408. The minimum Gasteiger partial charge on any atom is -0.513 e. The Balaban J connectivity index is 1.32. The van der Waals surface area contributed by atoms with Crippen molar-refractivity contribution in [3.8, 4) is 5.75 Å². The molecular formula is C26H35NO2. The molecular weight excluding hydrogens is 358 g/mol. The molecule has 0 unspecified atom stereocenters. The van der Waals surface area contributed by atoms with Crippen molar-refractivity contribution in [1.29, 1.82) is 0 Å². The molecule has 2 N–H and O–H groups in total. The fourth-order valence-corrected chi connectivity index (χ4v) is 5.24. The average molecular weight is 394 g/mol. The maximum atomic E-state index is 9.15. The number of hydrogen-bond acceptors (Lipinski definition) is 3. The first-order chi connectivity index (χ1) is 14.1. The van der Waals surface area contributed by atoms with Gasteiger partial charge < -0.3 is 15.2 Å². The highest BCUT2D eigenvalue weighted by molar-refractivity contribution is 5.84. The number of ether oxygens (including phenoxy) is 1. The van der Waals surface area contributed by atoms with Crippen molar-refractivity contribution in [3.05, 3.63) is 54.3 Å². The number of benzene rings is 2. The van der Waals surface area contributed by atoms with Gasteiger partial charge in [-0.15, -0.1) is 0 Å². The maximum Gasteiger partial charge on any atom is 0.120 e. The largest absolute Gasteiger partial charge is 0.513 e. The SMILES string of the molecule is C=C(O)CCNCc1ccc2cc(OC3CCC4(CCCCC4)CC3)ccc2c1. The second-order valence-electron chi connectivity index (χ2n) is 9.21. The fourth-order valence-electron chi connectivity index (χ4n) is 5.24. The number of aliphatic hydroxyl groups excluding tert-OH is 1. The smallest absolute Gasteiger partial charge is 0.120 e. The fraction of sp³-hybridized carbons (Fsp3) is 0.538. The van der Waals surface area contributed by atoms with E-state index in [1.54, 1.807) is 0 Å². The van der Waals surface area contributed by atoms with Gasteiger partial charge in [0.25, 0.3) is 0 Å². The minimum absolute atomic E-state index is 0.232. The van der Waals surface area contributed by atoms with E-state index in [4.69, 9.17) is 9.84 Å². The lowest BCUT2D eigenvalue weighted by molar-refractivity contribution is 0.0524. The molecule has 3 heteroatoms. The van der Waals surface area contributed by atoms with Gasteiger partial charge in [0.05, 0.1) is 11.9 Å². The molecule has 2 aliphatic carbocycles. The second kappa shape index (κ2) is 9.21. The summed E-state index contributed by atoms with van der Waals surface area (Å²) in [4.78, 5) is 0. The van der Waals surface area contributed by atoms with Gasteiger partial charge >= 0.3 is 0 Å². The van der Waals surface area contributed by atoms with E-state index in [9.17, 15) is 0 Å². The van der Waals surface area contributed by atoms with Crippen molar-refractivity contribution < 1.29 is 9.84 Å². The van der Waals surface area contributed by atoms with Crippen molar-refractivity contribution in [1.82, 2.24) is 5.32 Å². The summed E-state index contributed by atoms with van der Waals surface area (Å²) < 4.78 is 6.39. The lowest BCUT2D eigenvalue weighted by Gasteiger charge is -2.42. The Labute approximate surface area is 175 Å². The van der Waals surface area contributed by atoms with Gasteiger partial charge in [-0.3, -0.25) is 0 Å². The van der Waals surface area contributed by atoms with Crippen LogP contribution in [-0.2, 0) is 6.54 Å². The maximum absolute atomic E-state index is 9.15. The van der Waals surface area contributed by atoms with Crippen LogP contribution in [0.25, 0.3) is 10.8 Å². The zero-order valence-corrected chi connectivity index (χ0v) is 17.6. The van der Waals surface area contributed by atoms with Crippen molar-refractivity contribution in [2.45, 2.75) is 76.9 Å². The van der Waals surface area contributed by atoms with Crippen LogP contribution < -0.4 is 10.1 Å². The summed E-state index contributed by atoms with van der Waals surface area (Å²) in [5.74, 6) is 1.24. The first kappa shape index (κ1) is 20.3. The molecule has 29 heavy (non-hydrogen) atoms. The molecule has 156 valence electrons. The van der Waals surface area contributed by atoms with Crippen LogP contribution in [0.15, 0.2) is 48.7 Å². The summed E-state index contributed by atoms with van der Waals surface area (Å²) >= 11 is 0. The van der Waals surface area contributed by atoms with Crippen LogP contribution >= 0.6 is 0 Å². The third-order valence-electron chi connectivity index (χ3n) is 7.01. The van der Waals surface area contributed by atoms with Crippen molar-refractivity contribution in [2.75, 3.05) is 6.54 Å². The molecule has 0 aromatic heterocycles. The van der Waals surface area contributed by atoms with Gasteiger partial charge in [0.2, 0.25) is 0 Å². The Kier molecular flexibility index (Phi) is 6.44. The average Bonchev–Trinajstić information content (AvgIpc) is 2.73. The Morgan fingerprint density at radius 3 is 2.48 bits per heavy atom. The van der Waals surface area contributed by atoms with Crippen molar-refractivity contribution in [2.24, 2.45) is 5.41 Å². The molecule has 0 amide bonds. The number of rotatable bonds is 7. The highest BCUT2D eigenvalue weighted by Gasteiger charge is 2.36. The number of hydrogen-bond donors (Lipinski definition) is 2. The van der Waals surface area contributed by atoms with E-state index in [0.29, 0.717) is 17.9 Å². The molecule has 2 saturated carbocycles. The van der Waals surface area contributed by atoms with Gasteiger partial charge in [-0.25, -0.2) is 0 Å². The van der Waals surface area contributed by atoms with Crippen molar-refractivity contribution >= 4 is 10.8 Å². The summed E-state index contributed by atoms with van der Waals surface area (Å²) in [7, 11) is 0. The molecule has 2 aromatic carbocycles. The van der Waals surface area contributed by atoms with Crippen LogP contribution in [0.5, 0.6) is 5.75 Å². The first-order valence-corrected chi connectivity index (χ1v) is 11.4. The van der Waals surface area contributed by atoms with E-state index in [0.717, 1.165) is 18.8 Å². The molecule has 3 nitrogen and oxygen atoms in total. The van der Waals surface area contributed by atoms with Gasteiger partial charge in [-0.05, 0) is 78.5 Å².